The monoisotopic (exact) mass is 291 g/mol. The summed E-state index contributed by atoms with van der Waals surface area (Å²) < 4.78 is 0. The number of amides is 1. The van der Waals surface area contributed by atoms with Gasteiger partial charge in [0.15, 0.2) is 0 Å². The molecule has 0 saturated heterocycles. The third-order valence-corrected chi connectivity index (χ3v) is 3.96. The topological polar surface area (TPSA) is 68.0 Å². The molecule has 4 nitrogen and oxygen atoms in total. The molecule has 0 fully saturated rings. The van der Waals surface area contributed by atoms with Gasteiger partial charge < -0.3 is 11.1 Å². The molecule has 0 aromatic carbocycles. The van der Waals surface area contributed by atoms with Gasteiger partial charge in [-0.25, -0.2) is 0 Å². The highest BCUT2D eigenvalue weighted by molar-refractivity contribution is 5.91. The lowest BCUT2D eigenvalue weighted by molar-refractivity contribution is -0.116. The minimum atomic E-state index is 0.0509. The Morgan fingerprint density at radius 1 is 1.29 bits per heavy atom. The van der Waals surface area contributed by atoms with Crippen molar-refractivity contribution in [2.24, 2.45) is 17.1 Å². The van der Waals surface area contributed by atoms with Crippen molar-refractivity contribution < 1.29 is 4.79 Å². The third-order valence-electron chi connectivity index (χ3n) is 3.96. The van der Waals surface area contributed by atoms with E-state index in [9.17, 15) is 4.79 Å². The van der Waals surface area contributed by atoms with Crippen molar-refractivity contribution in [3.05, 3.63) is 23.5 Å². The van der Waals surface area contributed by atoms with Crippen LogP contribution in [0.15, 0.2) is 12.1 Å². The second-order valence-electron chi connectivity index (χ2n) is 6.81. The van der Waals surface area contributed by atoms with Gasteiger partial charge in [-0.1, -0.05) is 20.8 Å². The molecular formula is C17H29N3O. The number of pyridine rings is 1. The number of anilines is 1. The van der Waals surface area contributed by atoms with Crippen molar-refractivity contribution in [3.63, 3.8) is 0 Å². The fourth-order valence-corrected chi connectivity index (χ4v) is 2.55. The van der Waals surface area contributed by atoms with E-state index in [1.165, 1.54) is 0 Å². The van der Waals surface area contributed by atoms with Crippen molar-refractivity contribution in [1.82, 2.24) is 4.98 Å². The summed E-state index contributed by atoms with van der Waals surface area (Å²) in [5.41, 5.74) is 8.48. The van der Waals surface area contributed by atoms with Gasteiger partial charge in [0.25, 0.3) is 0 Å². The van der Waals surface area contributed by atoms with E-state index in [1.54, 1.807) is 0 Å². The summed E-state index contributed by atoms with van der Waals surface area (Å²) in [6.07, 6.45) is 2.35. The molecule has 1 heterocycles. The van der Waals surface area contributed by atoms with Gasteiger partial charge in [-0.15, -0.1) is 0 Å². The van der Waals surface area contributed by atoms with Crippen molar-refractivity contribution in [2.75, 3.05) is 11.9 Å². The van der Waals surface area contributed by atoms with E-state index in [2.05, 4.69) is 31.1 Å². The van der Waals surface area contributed by atoms with E-state index >= 15 is 0 Å². The SMILES string of the molecule is Cc1ccc(NC(=O)CCC(CCN)C(C)(C)C)c(C)n1. The van der Waals surface area contributed by atoms with Gasteiger partial charge in [0.2, 0.25) is 5.91 Å². The highest BCUT2D eigenvalue weighted by atomic mass is 16.1. The van der Waals surface area contributed by atoms with Crippen molar-refractivity contribution in [1.29, 1.82) is 0 Å². The molecule has 4 heteroatoms. The summed E-state index contributed by atoms with van der Waals surface area (Å²) in [5, 5.41) is 2.95. The first-order valence-corrected chi connectivity index (χ1v) is 7.68. The average molecular weight is 291 g/mol. The molecule has 1 atom stereocenters. The molecule has 0 aliphatic rings. The van der Waals surface area contributed by atoms with Crippen LogP contribution < -0.4 is 11.1 Å². The highest BCUT2D eigenvalue weighted by Crippen LogP contribution is 2.32. The van der Waals surface area contributed by atoms with E-state index in [4.69, 9.17) is 5.73 Å². The van der Waals surface area contributed by atoms with E-state index in [0.717, 1.165) is 29.9 Å². The van der Waals surface area contributed by atoms with E-state index < -0.39 is 0 Å². The molecular weight excluding hydrogens is 262 g/mol. The van der Waals surface area contributed by atoms with Crippen LogP contribution in [-0.4, -0.2) is 17.4 Å². The number of carbonyl (C=O) groups is 1. The number of nitrogens with two attached hydrogens (primary N) is 1. The Hall–Kier alpha value is -1.42. The summed E-state index contributed by atoms with van der Waals surface area (Å²) in [6.45, 7) is 11.1. The number of aromatic nitrogens is 1. The Kier molecular flexibility index (Phi) is 6.34. The molecule has 0 bridgehead atoms. The molecule has 1 amide bonds. The predicted octanol–water partition coefficient (Wildman–Crippen LogP) is 3.43. The van der Waals surface area contributed by atoms with Crippen LogP contribution in [0.4, 0.5) is 5.69 Å². The average Bonchev–Trinajstić information content (AvgIpc) is 2.36. The van der Waals surface area contributed by atoms with Crippen LogP contribution in [0.1, 0.15) is 51.4 Å². The number of nitrogens with zero attached hydrogens (tertiary/aromatic N) is 1. The molecule has 1 aromatic rings. The maximum Gasteiger partial charge on any atom is 0.224 e. The number of hydrogen-bond acceptors (Lipinski definition) is 3. The lowest BCUT2D eigenvalue weighted by Gasteiger charge is -2.30. The van der Waals surface area contributed by atoms with Gasteiger partial charge in [-0.3, -0.25) is 9.78 Å². The van der Waals surface area contributed by atoms with Crippen LogP contribution in [0.3, 0.4) is 0 Å². The Balaban J connectivity index is 2.57. The van der Waals surface area contributed by atoms with Gasteiger partial charge in [0.1, 0.15) is 0 Å². The lowest BCUT2D eigenvalue weighted by Crippen LogP contribution is -2.25. The number of nitrogens with one attached hydrogen (secondary N) is 1. The van der Waals surface area contributed by atoms with Crippen LogP contribution in [-0.2, 0) is 4.79 Å². The Bertz CT molecular complexity index is 477. The fourth-order valence-electron chi connectivity index (χ4n) is 2.55. The first-order valence-electron chi connectivity index (χ1n) is 7.68. The van der Waals surface area contributed by atoms with E-state index in [-0.39, 0.29) is 11.3 Å². The zero-order valence-electron chi connectivity index (χ0n) is 14.0. The van der Waals surface area contributed by atoms with E-state index in [0.29, 0.717) is 18.9 Å². The molecule has 0 spiro atoms. The highest BCUT2D eigenvalue weighted by Gasteiger charge is 2.24. The quantitative estimate of drug-likeness (QED) is 0.843. The summed E-state index contributed by atoms with van der Waals surface area (Å²) in [5.74, 6) is 0.514. The Morgan fingerprint density at radius 3 is 2.48 bits per heavy atom. The van der Waals surface area contributed by atoms with Gasteiger partial charge >= 0.3 is 0 Å². The lowest BCUT2D eigenvalue weighted by atomic mass is 9.76. The molecule has 1 rings (SSSR count). The van der Waals surface area contributed by atoms with E-state index in [1.807, 2.05) is 26.0 Å². The minimum absolute atomic E-state index is 0.0509. The number of rotatable bonds is 6. The summed E-state index contributed by atoms with van der Waals surface area (Å²) in [7, 11) is 0. The molecule has 1 aromatic heterocycles. The zero-order chi connectivity index (χ0) is 16.0. The van der Waals surface area contributed by atoms with Gasteiger partial charge in [-0.2, -0.15) is 0 Å². The maximum atomic E-state index is 12.1. The normalized spacial score (nSPS) is 13.0. The number of hydrogen-bond donors (Lipinski definition) is 2. The Labute approximate surface area is 128 Å². The van der Waals surface area contributed by atoms with Crippen LogP contribution in [0, 0.1) is 25.2 Å². The molecule has 0 aliphatic carbocycles. The molecule has 118 valence electrons. The van der Waals surface area contributed by atoms with Crippen molar-refractivity contribution >= 4 is 11.6 Å². The van der Waals surface area contributed by atoms with Crippen LogP contribution in [0.5, 0.6) is 0 Å². The first-order chi connectivity index (χ1) is 9.74. The molecule has 3 N–H and O–H groups in total. The summed E-state index contributed by atoms with van der Waals surface area (Å²) in [4.78, 5) is 16.5. The molecule has 0 saturated carbocycles. The van der Waals surface area contributed by atoms with Gasteiger partial charge in [-0.05, 0) is 56.7 Å². The second-order valence-corrected chi connectivity index (χ2v) is 6.81. The summed E-state index contributed by atoms with van der Waals surface area (Å²) >= 11 is 0. The zero-order valence-corrected chi connectivity index (χ0v) is 14.0. The number of carbonyl (C=O) groups excluding carboxylic acids is 1. The van der Waals surface area contributed by atoms with Gasteiger partial charge in [0, 0.05) is 12.1 Å². The smallest absolute Gasteiger partial charge is 0.224 e. The molecule has 1 unspecified atom stereocenters. The molecule has 0 radical (unpaired) electrons. The van der Waals surface area contributed by atoms with Crippen LogP contribution in [0.2, 0.25) is 0 Å². The number of aryl methyl sites for hydroxylation is 2. The van der Waals surface area contributed by atoms with Crippen LogP contribution in [0.25, 0.3) is 0 Å². The first kappa shape index (κ1) is 17.6. The minimum Gasteiger partial charge on any atom is -0.330 e. The fraction of sp³-hybridized carbons (Fsp3) is 0.647. The standard InChI is InChI=1S/C17H29N3O/c1-12-6-8-15(13(2)19-12)20-16(21)9-7-14(10-11-18)17(3,4)5/h6,8,14H,7,9-11,18H2,1-5H3,(H,20,21). The predicted molar refractivity (Wildman–Crippen MR) is 88.2 cm³/mol. The Morgan fingerprint density at radius 2 is 1.95 bits per heavy atom. The van der Waals surface area contributed by atoms with Crippen molar-refractivity contribution in [2.45, 2.75) is 53.9 Å². The molecule has 0 aliphatic heterocycles. The summed E-state index contributed by atoms with van der Waals surface area (Å²) in [6, 6.07) is 3.83. The van der Waals surface area contributed by atoms with Crippen molar-refractivity contribution in [3.8, 4) is 0 Å². The van der Waals surface area contributed by atoms with Crippen LogP contribution >= 0.6 is 0 Å². The van der Waals surface area contributed by atoms with Gasteiger partial charge in [0.05, 0.1) is 11.4 Å². The maximum absolute atomic E-state index is 12.1. The second kappa shape index (κ2) is 7.55. The molecule has 21 heavy (non-hydrogen) atoms. The largest absolute Gasteiger partial charge is 0.330 e. The third kappa shape index (κ3) is 5.84.